The molecule has 1 amide bonds. The molecule has 1 saturated heterocycles. The van der Waals surface area contributed by atoms with E-state index in [2.05, 4.69) is 10.4 Å². The molecular weight excluding hydrogens is 360 g/mol. The molecule has 2 aromatic rings. The van der Waals surface area contributed by atoms with Crippen LogP contribution in [0.5, 0.6) is 11.5 Å². The van der Waals surface area contributed by atoms with Gasteiger partial charge in [0.15, 0.2) is 0 Å². The predicted molar refractivity (Wildman–Crippen MR) is 104 cm³/mol. The highest BCUT2D eigenvalue weighted by Crippen LogP contribution is 2.24. The van der Waals surface area contributed by atoms with Gasteiger partial charge in [0.1, 0.15) is 17.3 Å². The van der Waals surface area contributed by atoms with Crippen molar-refractivity contribution < 1.29 is 19.1 Å². The zero-order valence-electron chi connectivity index (χ0n) is 16.2. The van der Waals surface area contributed by atoms with Crippen LogP contribution in [-0.2, 0) is 17.6 Å². The van der Waals surface area contributed by atoms with Gasteiger partial charge in [-0.1, -0.05) is 0 Å². The molecule has 150 valence electrons. The molecule has 1 aromatic heterocycles. The van der Waals surface area contributed by atoms with E-state index in [1.807, 2.05) is 0 Å². The normalized spacial score (nSPS) is 14.6. The van der Waals surface area contributed by atoms with Gasteiger partial charge in [0.2, 0.25) is 0 Å². The maximum absolute atomic E-state index is 12.6. The van der Waals surface area contributed by atoms with E-state index in [1.54, 1.807) is 43.3 Å². The summed E-state index contributed by atoms with van der Waals surface area (Å²) in [5.74, 6) is 0.615. The van der Waals surface area contributed by atoms with Crippen molar-refractivity contribution in [3.63, 3.8) is 0 Å². The first-order chi connectivity index (χ1) is 13.5. The number of ketones is 1. The van der Waals surface area contributed by atoms with Crippen LogP contribution >= 0.6 is 0 Å². The Labute approximate surface area is 164 Å². The number of carbonyl (C=O) groups is 2. The van der Waals surface area contributed by atoms with Crippen LogP contribution in [0, 0.1) is 0 Å². The highest BCUT2D eigenvalue weighted by molar-refractivity contribution is 5.95. The number of nitrogens with one attached hydrogen (secondary N) is 1. The van der Waals surface area contributed by atoms with Crippen molar-refractivity contribution in [1.29, 1.82) is 0 Å². The summed E-state index contributed by atoms with van der Waals surface area (Å²) in [6, 6.07) is 5.55. The van der Waals surface area contributed by atoms with Crippen molar-refractivity contribution >= 4 is 11.7 Å². The van der Waals surface area contributed by atoms with Crippen LogP contribution < -0.4 is 20.5 Å². The van der Waals surface area contributed by atoms with E-state index < -0.39 is 5.91 Å². The molecule has 3 rings (SSSR count). The van der Waals surface area contributed by atoms with Gasteiger partial charge in [-0.2, -0.15) is 5.10 Å². The Morgan fingerprint density at radius 3 is 2.36 bits per heavy atom. The fourth-order valence-electron chi connectivity index (χ4n) is 3.47. The maximum atomic E-state index is 12.6. The minimum Gasteiger partial charge on any atom is -0.497 e. The number of Topliss-reactive ketones (excluding diaryl/α,β-unsaturated/α-hetero) is 1. The average Bonchev–Trinajstić information content (AvgIpc) is 3.12. The summed E-state index contributed by atoms with van der Waals surface area (Å²) in [6.07, 6.45) is 3.77. The van der Waals surface area contributed by atoms with Crippen molar-refractivity contribution in [2.24, 2.45) is 5.73 Å². The smallest absolute Gasteiger partial charge is 0.252 e. The topological polar surface area (TPSA) is 108 Å². The summed E-state index contributed by atoms with van der Waals surface area (Å²) in [4.78, 5) is 24.5. The molecule has 0 bridgehead atoms. The number of rotatable bonds is 8. The average molecular weight is 386 g/mol. The van der Waals surface area contributed by atoms with Crippen LogP contribution in [0.2, 0.25) is 0 Å². The van der Waals surface area contributed by atoms with Crippen LogP contribution in [0.3, 0.4) is 0 Å². The largest absolute Gasteiger partial charge is 0.497 e. The molecule has 3 N–H and O–H groups in total. The van der Waals surface area contributed by atoms with E-state index in [4.69, 9.17) is 15.2 Å². The van der Waals surface area contributed by atoms with Crippen LogP contribution in [0.15, 0.2) is 24.4 Å². The first-order valence-corrected chi connectivity index (χ1v) is 9.32. The Kier molecular flexibility index (Phi) is 6.30. The van der Waals surface area contributed by atoms with Gasteiger partial charge >= 0.3 is 0 Å². The standard InChI is InChI=1S/C20H26N4O4/c1-27-16-8-13(9-17(11-16)28-2)7-15(25)10-19-18(20(21)26)12-24(23-19)14-3-5-22-6-4-14/h8-9,11-12,14,22H,3-7,10H2,1-2H3,(H2,21,26). The van der Waals surface area contributed by atoms with E-state index in [0.717, 1.165) is 31.5 Å². The van der Waals surface area contributed by atoms with Crippen LogP contribution in [-0.4, -0.2) is 48.8 Å². The molecule has 1 aromatic carbocycles. The fourth-order valence-corrected chi connectivity index (χ4v) is 3.47. The Balaban J connectivity index is 1.76. The van der Waals surface area contributed by atoms with Crippen LogP contribution in [0.25, 0.3) is 0 Å². The fraction of sp³-hybridized carbons (Fsp3) is 0.450. The number of carbonyl (C=O) groups excluding carboxylic acids is 2. The first kappa shape index (κ1) is 19.9. The van der Waals surface area contributed by atoms with Gasteiger partial charge in [0.05, 0.1) is 37.9 Å². The summed E-state index contributed by atoms with van der Waals surface area (Å²) in [6.45, 7) is 1.81. The molecule has 0 spiro atoms. The Morgan fingerprint density at radius 1 is 1.14 bits per heavy atom. The van der Waals surface area contributed by atoms with Crippen molar-refractivity contribution in [2.75, 3.05) is 27.3 Å². The molecule has 8 heteroatoms. The van der Waals surface area contributed by atoms with E-state index in [0.29, 0.717) is 22.8 Å². The lowest BCUT2D eigenvalue weighted by Gasteiger charge is -2.22. The number of benzene rings is 1. The van der Waals surface area contributed by atoms with E-state index in [-0.39, 0.29) is 24.7 Å². The molecular formula is C20H26N4O4. The summed E-state index contributed by atoms with van der Waals surface area (Å²) in [5.41, 5.74) is 7.04. The van der Waals surface area contributed by atoms with Gasteiger partial charge in [-0.15, -0.1) is 0 Å². The number of primary amides is 1. The number of aromatic nitrogens is 2. The summed E-state index contributed by atoms with van der Waals surface area (Å²) < 4.78 is 12.3. The van der Waals surface area contributed by atoms with Crippen molar-refractivity contribution in [3.05, 3.63) is 41.2 Å². The molecule has 8 nitrogen and oxygen atoms in total. The third-order valence-electron chi connectivity index (χ3n) is 4.93. The van der Waals surface area contributed by atoms with Gasteiger partial charge in [-0.25, -0.2) is 0 Å². The first-order valence-electron chi connectivity index (χ1n) is 9.32. The van der Waals surface area contributed by atoms with E-state index >= 15 is 0 Å². The second-order valence-electron chi connectivity index (χ2n) is 6.93. The molecule has 1 fully saturated rings. The van der Waals surface area contributed by atoms with Gasteiger partial charge < -0.3 is 20.5 Å². The van der Waals surface area contributed by atoms with Crippen LogP contribution in [0.1, 0.15) is 40.5 Å². The maximum Gasteiger partial charge on any atom is 0.252 e. The zero-order valence-corrected chi connectivity index (χ0v) is 16.2. The molecule has 2 heterocycles. The Hall–Kier alpha value is -2.87. The number of amides is 1. The Morgan fingerprint density at radius 2 is 1.79 bits per heavy atom. The second-order valence-corrected chi connectivity index (χ2v) is 6.93. The summed E-state index contributed by atoms with van der Waals surface area (Å²) in [7, 11) is 3.12. The van der Waals surface area contributed by atoms with Gasteiger partial charge in [0, 0.05) is 18.7 Å². The summed E-state index contributed by atoms with van der Waals surface area (Å²) in [5, 5.41) is 7.82. The number of methoxy groups -OCH3 is 2. The van der Waals surface area contributed by atoms with Crippen molar-refractivity contribution in [3.8, 4) is 11.5 Å². The van der Waals surface area contributed by atoms with Gasteiger partial charge in [0.25, 0.3) is 5.91 Å². The number of hydrogen-bond donors (Lipinski definition) is 2. The van der Waals surface area contributed by atoms with Crippen molar-refractivity contribution in [2.45, 2.75) is 31.7 Å². The number of hydrogen-bond acceptors (Lipinski definition) is 6. The minimum absolute atomic E-state index is 0.0514. The SMILES string of the molecule is COc1cc(CC(=O)Cc2nn(C3CCNCC3)cc2C(N)=O)cc(OC)c1. The van der Waals surface area contributed by atoms with Gasteiger partial charge in [-0.05, 0) is 43.6 Å². The Bertz CT molecular complexity index is 834. The molecule has 0 radical (unpaired) electrons. The van der Waals surface area contributed by atoms with Crippen LogP contribution in [0.4, 0.5) is 0 Å². The highest BCUT2D eigenvalue weighted by atomic mass is 16.5. The molecule has 0 atom stereocenters. The molecule has 0 unspecified atom stereocenters. The third-order valence-corrected chi connectivity index (χ3v) is 4.93. The van der Waals surface area contributed by atoms with Crippen molar-refractivity contribution in [1.82, 2.24) is 15.1 Å². The van der Waals surface area contributed by atoms with E-state index in [9.17, 15) is 9.59 Å². The lowest BCUT2D eigenvalue weighted by atomic mass is 10.0. The van der Waals surface area contributed by atoms with Gasteiger partial charge in [-0.3, -0.25) is 14.3 Å². The monoisotopic (exact) mass is 386 g/mol. The second kappa shape index (κ2) is 8.88. The quantitative estimate of drug-likeness (QED) is 0.707. The lowest BCUT2D eigenvalue weighted by Crippen LogP contribution is -2.29. The highest BCUT2D eigenvalue weighted by Gasteiger charge is 2.22. The predicted octanol–water partition coefficient (Wildman–Crippen LogP) is 1.28. The molecule has 1 aliphatic rings. The molecule has 0 saturated carbocycles. The molecule has 0 aliphatic carbocycles. The number of nitrogens with zero attached hydrogens (tertiary/aromatic N) is 2. The molecule has 28 heavy (non-hydrogen) atoms. The third kappa shape index (κ3) is 4.69. The minimum atomic E-state index is -0.564. The number of piperidine rings is 1. The zero-order chi connectivity index (χ0) is 20.1. The summed E-state index contributed by atoms with van der Waals surface area (Å²) >= 11 is 0. The number of ether oxygens (including phenoxy) is 2. The number of nitrogens with two attached hydrogens (primary N) is 1. The van der Waals surface area contributed by atoms with E-state index in [1.165, 1.54) is 0 Å². The molecule has 1 aliphatic heterocycles. The lowest BCUT2D eigenvalue weighted by molar-refractivity contribution is -0.117.